The first-order valence-electron chi connectivity index (χ1n) is 9.14. The number of ether oxygens (including phenoxy) is 1. The van der Waals surface area contributed by atoms with Gasteiger partial charge in [-0.15, -0.1) is 0 Å². The fourth-order valence-electron chi connectivity index (χ4n) is 3.57. The standard InChI is InChI=1S/C19H18F3N3O6/c1-11-13(10-26)8-15(24(27)28)18(17(11)25(29)30)23-6-7-31-16(9-23)12-2-4-14(5-3-12)19(20,21)22/h2-5,8,16,26H,6-7,9-10H2,1H3. The molecule has 31 heavy (non-hydrogen) atoms. The van der Waals surface area contributed by atoms with E-state index in [9.17, 15) is 38.5 Å². The van der Waals surface area contributed by atoms with Gasteiger partial charge in [0.2, 0.25) is 0 Å². The Hall–Kier alpha value is -3.25. The average molecular weight is 441 g/mol. The maximum atomic E-state index is 12.8. The molecule has 2 aromatic carbocycles. The molecule has 2 aromatic rings. The van der Waals surface area contributed by atoms with Gasteiger partial charge in [0.15, 0.2) is 5.69 Å². The van der Waals surface area contributed by atoms with E-state index in [4.69, 9.17) is 4.74 Å². The molecule has 0 bridgehead atoms. The summed E-state index contributed by atoms with van der Waals surface area (Å²) in [7, 11) is 0. The Bertz CT molecular complexity index is 1010. The quantitative estimate of drug-likeness (QED) is 0.552. The van der Waals surface area contributed by atoms with Crippen LogP contribution in [0.4, 0.5) is 30.2 Å². The third-order valence-corrected chi connectivity index (χ3v) is 5.16. The number of nitrogens with zero attached hydrogens (tertiary/aromatic N) is 3. The highest BCUT2D eigenvalue weighted by atomic mass is 19.4. The summed E-state index contributed by atoms with van der Waals surface area (Å²) in [6, 6.07) is 5.41. The molecule has 1 heterocycles. The minimum atomic E-state index is -4.49. The molecule has 1 fully saturated rings. The second-order valence-corrected chi connectivity index (χ2v) is 6.97. The van der Waals surface area contributed by atoms with E-state index in [2.05, 4.69) is 0 Å². The van der Waals surface area contributed by atoms with Crippen LogP contribution in [-0.4, -0.2) is 34.6 Å². The van der Waals surface area contributed by atoms with E-state index in [0.29, 0.717) is 5.56 Å². The molecule has 1 atom stereocenters. The van der Waals surface area contributed by atoms with E-state index in [-0.39, 0.29) is 36.5 Å². The molecule has 0 radical (unpaired) electrons. The van der Waals surface area contributed by atoms with Crippen LogP contribution in [0.1, 0.15) is 28.4 Å². The van der Waals surface area contributed by atoms with Crippen molar-refractivity contribution in [3.8, 4) is 0 Å². The van der Waals surface area contributed by atoms with Crippen molar-refractivity contribution in [2.45, 2.75) is 25.8 Å². The van der Waals surface area contributed by atoms with E-state index < -0.39 is 45.7 Å². The molecule has 9 nitrogen and oxygen atoms in total. The van der Waals surface area contributed by atoms with E-state index in [1.165, 1.54) is 24.0 Å². The Morgan fingerprint density at radius 3 is 2.35 bits per heavy atom. The zero-order valence-electron chi connectivity index (χ0n) is 16.3. The smallest absolute Gasteiger partial charge is 0.392 e. The van der Waals surface area contributed by atoms with Gasteiger partial charge in [-0.2, -0.15) is 13.2 Å². The van der Waals surface area contributed by atoms with Crippen LogP contribution in [0.3, 0.4) is 0 Å². The highest BCUT2D eigenvalue weighted by molar-refractivity contribution is 5.79. The lowest BCUT2D eigenvalue weighted by molar-refractivity contribution is -0.393. The average Bonchev–Trinajstić information content (AvgIpc) is 2.72. The number of halogens is 3. The van der Waals surface area contributed by atoms with Gasteiger partial charge < -0.3 is 14.7 Å². The third-order valence-electron chi connectivity index (χ3n) is 5.16. The van der Waals surface area contributed by atoms with Gasteiger partial charge >= 0.3 is 11.9 Å². The molecule has 12 heteroatoms. The highest BCUT2D eigenvalue weighted by Crippen LogP contribution is 2.43. The summed E-state index contributed by atoms with van der Waals surface area (Å²) in [4.78, 5) is 23.3. The Morgan fingerprint density at radius 2 is 1.84 bits per heavy atom. The summed E-state index contributed by atoms with van der Waals surface area (Å²) in [6.07, 6.45) is -5.24. The number of alkyl halides is 3. The predicted octanol–water partition coefficient (Wildman–Crippen LogP) is 3.90. The van der Waals surface area contributed by atoms with Crippen molar-refractivity contribution >= 4 is 17.1 Å². The third kappa shape index (κ3) is 4.44. The largest absolute Gasteiger partial charge is 0.416 e. The van der Waals surface area contributed by atoms with Crippen molar-refractivity contribution in [2.75, 3.05) is 24.6 Å². The molecule has 0 aliphatic carbocycles. The van der Waals surface area contributed by atoms with Gasteiger partial charge in [0.25, 0.3) is 5.69 Å². The molecule has 0 saturated carbocycles. The fraction of sp³-hybridized carbons (Fsp3) is 0.368. The summed E-state index contributed by atoms with van der Waals surface area (Å²) < 4.78 is 44.0. The van der Waals surface area contributed by atoms with Crippen LogP contribution in [0.25, 0.3) is 0 Å². The van der Waals surface area contributed by atoms with Crippen molar-refractivity contribution in [3.63, 3.8) is 0 Å². The lowest BCUT2D eigenvalue weighted by Crippen LogP contribution is -2.39. The van der Waals surface area contributed by atoms with Crippen LogP contribution in [0.2, 0.25) is 0 Å². The van der Waals surface area contributed by atoms with Crippen molar-refractivity contribution in [1.29, 1.82) is 0 Å². The van der Waals surface area contributed by atoms with Crippen molar-refractivity contribution in [3.05, 3.63) is 72.8 Å². The normalized spacial score (nSPS) is 16.9. The molecule has 1 aliphatic heterocycles. The van der Waals surface area contributed by atoms with Crippen molar-refractivity contribution in [2.24, 2.45) is 0 Å². The molecule has 1 N–H and O–H groups in total. The van der Waals surface area contributed by atoms with Crippen LogP contribution in [0.15, 0.2) is 30.3 Å². The Balaban J connectivity index is 2.02. The summed E-state index contributed by atoms with van der Waals surface area (Å²) >= 11 is 0. The highest BCUT2D eigenvalue weighted by Gasteiger charge is 2.37. The Labute approximate surface area is 174 Å². The number of anilines is 1. The number of morpholine rings is 1. The number of hydrogen-bond donors (Lipinski definition) is 1. The maximum Gasteiger partial charge on any atom is 0.416 e. The van der Waals surface area contributed by atoms with E-state index in [1.54, 1.807) is 0 Å². The summed E-state index contributed by atoms with van der Waals surface area (Å²) in [5.74, 6) is 0. The van der Waals surface area contributed by atoms with Gasteiger partial charge in [-0.3, -0.25) is 20.2 Å². The number of nitro groups is 2. The molecule has 1 aliphatic rings. The second kappa shape index (κ2) is 8.47. The number of benzene rings is 2. The van der Waals surface area contributed by atoms with Gasteiger partial charge in [-0.1, -0.05) is 12.1 Å². The van der Waals surface area contributed by atoms with Crippen molar-refractivity contribution < 1.29 is 32.9 Å². The summed E-state index contributed by atoms with van der Waals surface area (Å²) in [5.41, 5.74) is -1.50. The molecule has 1 unspecified atom stereocenters. The first-order valence-corrected chi connectivity index (χ1v) is 9.14. The second-order valence-electron chi connectivity index (χ2n) is 6.97. The van der Waals surface area contributed by atoms with Gasteiger partial charge in [-0.05, 0) is 30.2 Å². The minimum Gasteiger partial charge on any atom is -0.392 e. The number of nitro benzene ring substituents is 2. The molecular formula is C19H18F3N3O6. The molecule has 1 saturated heterocycles. The first kappa shape index (κ1) is 22.4. The maximum absolute atomic E-state index is 12.8. The van der Waals surface area contributed by atoms with E-state index >= 15 is 0 Å². The molecule has 0 spiro atoms. The first-order chi connectivity index (χ1) is 14.5. The van der Waals surface area contributed by atoms with Crippen LogP contribution in [-0.2, 0) is 17.5 Å². The molecular weight excluding hydrogens is 423 g/mol. The number of hydrogen-bond acceptors (Lipinski definition) is 7. The number of aliphatic hydroxyl groups is 1. The topological polar surface area (TPSA) is 119 Å². The van der Waals surface area contributed by atoms with Gasteiger partial charge in [-0.25, -0.2) is 0 Å². The van der Waals surface area contributed by atoms with E-state index in [1.807, 2.05) is 0 Å². The molecule has 166 valence electrons. The Kier molecular flexibility index (Phi) is 6.13. The van der Waals surface area contributed by atoms with Crippen molar-refractivity contribution in [1.82, 2.24) is 0 Å². The van der Waals surface area contributed by atoms with Gasteiger partial charge in [0, 0.05) is 24.7 Å². The number of rotatable bonds is 5. The zero-order chi connectivity index (χ0) is 22.9. The lowest BCUT2D eigenvalue weighted by atomic mass is 10.0. The van der Waals surface area contributed by atoms with Gasteiger partial charge in [0.1, 0.15) is 6.10 Å². The van der Waals surface area contributed by atoms with Crippen LogP contribution in [0, 0.1) is 27.2 Å². The fourth-order valence-corrected chi connectivity index (χ4v) is 3.57. The zero-order valence-corrected chi connectivity index (χ0v) is 16.3. The molecule has 0 aromatic heterocycles. The summed E-state index contributed by atoms with van der Waals surface area (Å²) in [6.45, 7) is 0.915. The van der Waals surface area contributed by atoms with Gasteiger partial charge in [0.05, 0.1) is 28.6 Å². The van der Waals surface area contributed by atoms with Crippen LogP contribution in [0.5, 0.6) is 0 Å². The summed E-state index contributed by atoms with van der Waals surface area (Å²) in [5, 5.41) is 32.8. The van der Waals surface area contributed by atoms with E-state index in [0.717, 1.165) is 18.2 Å². The minimum absolute atomic E-state index is 0.0367. The Morgan fingerprint density at radius 1 is 1.19 bits per heavy atom. The molecule has 0 amide bonds. The van der Waals surface area contributed by atoms with Crippen LogP contribution >= 0.6 is 0 Å². The predicted molar refractivity (Wildman–Crippen MR) is 103 cm³/mol. The van der Waals surface area contributed by atoms with Crippen LogP contribution < -0.4 is 4.90 Å². The lowest BCUT2D eigenvalue weighted by Gasteiger charge is -2.34. The number of aliphatic hydroxyl groups excluding tert-OH is 1. The SMILES string of the molecule is Cc1c(CO)cc([N+](=O)[O-])c(N2CCOC(c3ccc(C(F)(F)F)cc3)C2)c1[N+](=O)[O-]. The molecule has 3 rings (SSSR count). The monoisotopic (exact) mass is 441 g/mol.